The third kappa shape index (κ3) is 4.22. The van der Waals surface area contributed by atoms with Gasteiger partial charge < -0.3 is 14.5 Å². The number of halogens is 2. The van der Waals surface area contributed by atoms with Crippen molar-refractivity contribution in [3.05, 3.63) is 75.9 Å². The SMILES string of the molecule is Cc1nc(-n2c([C@@H]3CCCC(=O)N3c3ccc(F)c(F)c3)nc3cc(-c4c(C)noc4C)ccc32)sc1CO. The van der Waals surface area contributed by atoms with Crippen LogP contribution in [0.3, 0.4) is 0 Å². The third-order valence-corrected chi connectivity index (χ3v) is 8.27. The predicted octanol–water partition coefficient (Wildman–Crippen LogP) is 6.09. The average Bonchev–Trinajstić information content (AvgIpc) is 3.58. The molecule has 8 nitrogen and oxygen atoms in total. The molecule has 0 spiro atoms. The molecular formula is C28H25F2N5O3S. The third-order valence-electron chi connectivity index (χ3n) is 7.15. The van der Waals surface area contributed by atoms with Crippen LogP contribution in [0.4, 0.5) is 14.5 Å². The van der Waals surface area contributed by atoms with Crippen LogP contribution in [-0.2, 0) is 11.4 Å². The Morgan fingerprint density at radius 3 is 2.59 bits per heavy atom. The van der Waals surface area contributed by atoms with E-state index in [1.807, 2.05) is 43.5 Å². The molecule has 3 aromatic heterocycles. The van der Waals surface area contributed by atoms with Gasteiger partial charge in [-0.1, -0.05) is 22.6 Å². The van der Waals surface area contributed by atoms with Crippen LogP contribution in [0, 0.1) is 32.4 Å². The molecule has 1 atom stereocenters. The fourth-order valence-corrected chi connectivity index (χ4v) is 6.25. The van der Waals surface area contributed by atoms with Gasteiger partial charge in [-0.2, -0.15) is 0 Å². The van der Waals surface area contributed by atoms with E-state index in [2.05, 4.69) is 5.16 Å². The zero-order valence-corrected chi connectivity index (χ0v) is 22.4. The lowest BCUT2D eigenvalue weighted by Crippen LogP contribution is -2.39. The Balaban J connectivity index is 1.58. The van der Waals surface area contributed by atoms with Crippen molar-refractivity contribution >= 4 is 34.0 Å². The number of aryl methyl sites for hydroxylation is 3. The van der Waals surface area contributed by atoms with Crippen molar-refractivity contribution in [1.29, 1.82) is 0 Å². The summed E-state index contributed by atoms with van der Waals surface area (Å²) in [6, 6.07) is 8.79. The Morgan fingerprint density at radius 2 is 1.90 bits per heavy atom. The molecule has 0 saturated carbocycles. The van der Waals surface area contributed by atoms with Crippen molar-refractivity contribution < 1.29 is 23.2 Å². The molecule has 11 heteroatoms. The summed E-state index contributed by atoms with van der Waals surface area (Å²) in [5.74, 6) is -0.952. The van der Waals surface area contributed by atoms with Crippen LogP contribution in [0.25, 0.3) is 27.3 Å². The number of thiazole rings is 1. The molecule has 5 aromatic rings. The summed E-state index contributed by atoms with van der Waals surface area (Å²) >= 11 is 1.34. The van der Waals surface area contributed by atoms with Crippen LogP contribution in [-0.4, -0.2) is 30.7 Å². The predicted molar refractivity (Wildman–Crippen MR) is 143 cm³/mol. The largest absolute Gasteiger partial charge is 0.391 e. The lowest BCUT2D eigenvalue weighted by Gasteiger charge is -2.35. The highest BCUT2D eigenvalue weighted by Gasteiger charge is 2.35. The van der Waals surface area contributed by atoms with E-state index in [4.69, 9.17) is 14.5 Å². The van der Waals surface area contributed by atoms with E-state index in [9.17, 15) is 18.7 Å². The number of aromatic nitrogens is 4. The summed E-state index contributed by atoms with van der Waals surface area (Å²) in [4.78, 5) is 25.2. The standard InChI is InChI=1S/C28H25F2N5O3S/c1-14-24(13-36)39-28(31-14)35-22-10-7-17(26-15(2)33-38-16(26)3)11-21(22)32-27(35)23-5-4-6-25(37)34(23)18-8-9-19(29)20(30)12-18/h7-12,23,36H,4-6,13H2,1-3H3/t23-/m0/s1. The Labute approximate surface area is 226 Å². The number of nitrogens with zero attached hydrogens (tertiary/aromatic N) is 5. The van der Waals surface area contributed by atoms with Gasteiger partial charge in [0.25, 0.3) is 0 Å². The molecule has 0 bridgehead atoms. The number of aliphatic hydroxyl groups is 1. The van der Waals surface area contributed by atoms with E-state index in [1.165, 1.54) is 22.3 Å². The van der Waals surface area contributed by atoms with Gasteiger partial charge in [-0.25, -0.2) is 18.7 Å². The van der Waals surface area contributed by atoms with Crippen molar-refractivity contribution in [2.24, 2.45) is 0 Å². The Kier molecular flexibility index (Phi) is 6.27. The molecular weight excluding hydrogens is 524 g/mol. The van der Waals surface area contributed by atoms with Crippen LogP contribution in [0.15, 0.2) is 40.9 Å². The van der Waals surface area contributed by atoms with Crippen LogP contribution in [0.2, 0.25) is 0 Å². The van der Waals surface area contributed by atoms with Crippen molar-refractivity contribution in [1.82, 2.24) is 19.7 Å². The summed E-state index contributed by atoms with van der Waals surface area (Å²) in [7, 11) is 0. The second-order valence-electron chi connectivity index (χ2n) is 9.64. The molecule has 2 aromatic carbocycles. The second kappa shape index (κ2) is 9.65. The minimum atomic E-state index is -1.02. The van der Waals surface area contributed by atoms with Gasteiger partial charge >= 0.3 is 0 Å². The zero-order chi connectivity index (χ0) is 27.4. The molecule has 1 amide bonds. The van der Waals surface area contributed by atoms with Crippen molar-refractivity contribution in [2.45, 2.75) is 52.7 Å². The Morgan fingerprint density at radius 1 is 1.08 bits per heavy atom. The molecule has 0 radical (unpaired) electrons. The molecule has 39 heavy (non-hydrogen) atoms. The minimum absolute atomic E-state index is 0.148. The number of piperidine rings is 1. The molecule has 1 aliphatic rings. The lowest BCUT2D eigenvalue weighted by atomic mass is 9.99. The lowest BCUT2D eigenvalue weighted by molar-refractivity contribution is -0.120. The van der Waals surface area contributed by atoms with Gasteiger partial charge in [0.15, 0.2) is 16.8 Å². The molecule has 1 saturated heterocycles. The molecule has 1 aliphatic heterocycles. The fourth-order valence-electron chi connectivity index (χ4n) is 5.30. The van der Waals surface area contributed by atoms with Crippen LogP contribution < -0.4 is 4.90 Å². The first kappa shape index (κ1) is 25.3. The van der Waals surface area contributed by atoms with E-state index in [0.29, 0.717) is 40.8 Å². The van der Waals surface area contributed by atoms with Crippen LogP contribution in [0.5, 0.6) is 0 Å². The normalized spacial score (nSPS) is 16.0. The van der Waals surface area contributed by atoms with Crippen LogP contribution in [0.1, 0.15) is 53.2 Å². The van der Waals surface area contributed by atoms with E-state index in [1.54, 1.807) is 0 Å². The Bertz CT molecular complexity index is 1720. The van der Waals surface area contributed by atoms with Crippen molar-refractivity contribution in [3.63, 3.8) is 0 Å². The first-order valence-corrected chi connectivity index (χ1v) is 13.4. The van der Waals surface area contributed by atoms with E-state index in [0.717, 1.165) is 39.3 Å². The van der Waals surface area contributed by atoms with Gasteiger partial charge in [0.1, 0.15) is 11.6 Å². The molecule has 0 aliphatic carbocycles. The van der Waals surface area contributed by atoms with Gasteiger partial charge in [-0.15, -0.1) is 0 Å². The number of benzene rings is 2. The maximum absolute atomic E-state index is 14.3. The number of carbonyl (C=O) groups excluding carboxylic acids is 1. The summed E-state index contributed by atoms with van der Waals surface area (Å²) < 4.78 is 35.3. The van der Waals surface area contributed by atoms with Crippen molar-refractivity contribution in [2.75, 3.05) is 4.90 Å². The first-order valence-electron chi connectivity index (χ1n) is 12.6. The van der Waals surface area contributed by atoms with Crippen LogP contribution >= 0.6 is 11.3 Å². The maximum atomic E-state index is 14.3. The summed E-state index contributed by atoms with van der Waals surface area (Å²) in [5, 5.41) is 14.5. The monoisotopic (exact) mass is 549 g/mol. The number of aliphatic hydroxyl groups excluding tert-OH is 1. The topological polar surface area (TPSA) is 97.3 Å². The number of imidazole rings is 1. The van der Waals surface area contributed by atoms with E-state index < -0.39 is 17.7 Å². The molecule has 1 N–H and O–H groups in total. The summed E-state index contributed by atoms with van der Waals surface area (Å²) in [6.07, 6.45) is 1.48. The first-order chi connectivity index (χ1) is 18.8. The smallest absolute Gasteiger partial charge is 0.227 e. The summed E-state index contributed by atoms with van der Waals surface area (Å²) in [5.41, 5.74) is 4.94. The number of rotatable bonds is 5. The van der Waals surface area contributed by atoms with Gasteiger partial charge in [0, 0.05) is 23.7 Å². The molecule has 0 unspecified atom stereocenters. The van der Waals surface area contributed by atoms with E-state index in [-0.39, 0.29) is 24.6 Å². The second-order valence-corrected chi connectivity index (χ2v) is 10.7. The van der Waals surface area contributed by atoms with Crippen molar-refractivity contribution in [3.8, 4) is 16.3 Å². The van der Waals surface area contributed by atoms with Gasteiger partial charge in [0.05, 0.1) is 39.9 Å². The number of hydrogen-bond donors (Lipinski definition) is 1. The highest BCUT2D eigenvalue weighted by molar-refractivity contribution is 7.14. The fraction of sp³-hybridized carbons (Fsp3) is 0.286. The number of amides is 1. The molecule has 4 heterocycles. The Hall–Kier alpha value is -3.96. The van der Waals surface area contributed by atoms with Gasteiger partial charge in [-0.05, 0) is 63.4 Å². The number of hydrogen-bond acceptors (Lipinski definition) is 7. The summed E-state index contributed by atoms with van der Waals surface area (Å²) in [6.45, 7) is 5.41. The minimum Gasteiger partial charge on any atom is -0.391 e. The number of carbonyl (C=O) groups is 1. The van der Waals surface area contributed by atoms with Gasteiger partial charge in [0.2, 0.25) is 5.91 Å². The maximum Gasteiger partial charge on any atom is 0.227 e. The quantitative estimate of drug-likeness (QED) is 0.285. The molecule has 6 rings (SSSR count). The molecule has 200 valence electrons. The number of anilines is 1. The number of fused-ring (bicyclic) bond motifs is 1. The van der Waals surface area contributed by atoms with Gasteiger partial charge in [-0.3, -0.25) is 9.36 Å². The average molecular weight is 550 g/mol. The highest BCUT2D eigenvalue weighted by atomic mass is 32.1. The molecule has 1 fully saturated rings. The zero-order valence-electron chi connectivity index (χ0n) is 21.5. The van der Waals surface area contributed by atoms with E-state index >= 15 is 0 Å². The highest BCUT2D eigenvalue weighted by Crippen LogP contribution is 2.40.